The van der Waals surface area contributed by atoms with Crippen LogP contribution >= 0.6 is 0 Å². The number of carbonyl (C=O) groups excluding carboxylic acids is 1. The van der Waals surface area contributed by atoms with Crippen molar-refractivity contribution in [3.05, 3.63) is 29.8 Å². The molecule has 0 bridgehead atoms. The Kier molecular flexibility index (Phi) is 4.50. The van der Waals surface area contributed by atoms with Gasteiger partial charge < -0.3 is 10.5 Å². The summed E-state index contributed by atoms with van der Waals surface area (Å²) in [7, 11) is 0. The Balaban J connectivity index is 2.98. The minimum absolute atomic E-state index is 0.0564. The van der Waals surface area contributed by atoms with Crippen LogP contribution in [0.5, 0.6) is 5.75 Å². The van der Waals surface area contributed by atoms with Crippen molar-refractivity contribution in [3.63, 3.8) is 0 Å². The molecule has 0 spiro atoms. The Labute approximate surface area is 96.6 Å². The summed E-state index contributed by atoms with van der Waals surface area (Å²) in [5, 5.41) is 0. The largest absolute Gasteiger partial charge is 0.493 e. The summed E-state index contributed by atoms with van der Waals surface area (Å²) in [4.78, 5) is 12.1. The van der Waals surface area contributed by atoms with Crippen molar-refractivity contribution in [2.45, 2.75) is 26.8 Å². The molecule has 0 aromatic heterocycles. The van der Waals surface area contributed by atoms with Gasteiger partial charge in [-0.05, 0) is 25.0 Å². The molecule has 0 heterocycles. The van der Waals surface area contributed by atoms with Gasteiger partial charge in [0.2, 0.25) is 0 Å². The molecule has 0 amide bonds. The zero-order valence-corrected chi connectivity index (χ0v) is 10.1. The fourth-order valence-corrected chi connectivity index (χ4v) is 1.43. The van der Waals surface area contributed by atoms with E-state index in [0.717, 1.165) is 0 Å². The van der Waals surface area contributed by atoms with Crippen LogP contribution in [0.3, 0.4) is 0 Å². The summed E-state index contributed by atoms with van der Waals surface area (Å²) in [6.45, 7) is 6.31. The number of benzene rings is 1. The average molecular weight is 221 g/mol. The van der Waals surface area contributed by atoms with Crippen molar-refractivity contribution in [3.8, 4) is 5.75 Å². The van der Waals surface area contributed by atoms with Crippen LogP contribution in [0.2, 0.25) is 0 Å². The Hall–Kier alpha value is -1.35. The Morgan fingerprint density at radius 2 is 2.00 bits per heavy atom. The van der Waals surface area contributed by atoms with Crippen LogP contribution in [0.4, 0.5) is 0 Å². The van der Waals surface area contributed by atoms with Gasteiger partial charge in [0.05, 0.1) is 18.2 Å². The van der Waals surface area contributed by atoms with Crippen molar-refractivity contribution in [1.29, 1.82) is 0 Å². The van der Waals surface area contributed by atoms with Crippen LogP contribution in [0.15, 0.2) is 24.3 Å². The number of hydrogen-bond acceptors (Lipinski definition) is 3. The van der Waals surface area contributed by atoms with Crippen molar-refractivity contribution in [2.24, 2.45) is 11.7 Å². The summed E-state index contributed by atoms with van der Waals surface area (Å²) in [6, 6.07) is 6.76. The fraction of sp³-hybridized carbons (Fsp3) is 0.462. The smallest absolute Gasteiger partial charge is 0.183 e. The van der Waals surface area contributed by atoms with E-state index in [1.54, 1.807) is 12.1 Å². The van der Waals surface area contributed by atoms with Crippen molar-refractivity contribution in [2.75, 3.05) is 6.61 Å². The average Bonchev–Trinajstić information content (AvgIpc) is 2.28. The number of ketones is 1. The van der Waals surface area contributed by atoms with Crippen molar-refractivity contribution >= 4 is 5.78 Å². The number of rotatable bonds is 5. The molecular weight excluding hydrogens is 202 g/mol. The number of para-hydroxylation sites is 1. The second kappa shape index (κ2) is 5.66. The summed E-state index contributed by atoms with van der Waals surface area (Å²) in [6.07, 6.45) is 0. The Morgan fingerprint density at radius 3 is 2.56 bits per heavy atom. The van der Waals surface area contributed by atoms with Gasteiger partial charge in [-0.25, -0.2) is 0 Å². The van der Waals surface area contributed by atoms with Gasteiger partial charge in [0.1, 0.15) is 5.75 Å². The van der Waals surface area contributed by atoms with Crippen molar-refractivity contribution < 1.29 is 9.53 Å². The van der Waals surface area contributed by atoms with E-state index in [1.165, 1.54) is 0 Å². The first-order valence-electron chi connectivity index (χ1n) is 5.59. The third-order valence-electron chi connectivity index (χ3n) is 2.47. The van der Waals surface area contributed by atoms with E-state index in [-0.39, 0.29) is 11.7 Å². The second-order valence-electron chi connectivity index (χ2n) is 4.06. The van der Waals surface area contributed by atoms with E-state index in [4.69, 9.17) is 10.5 Å². The lowest BCUT2D eigenvalue weighted by atomic mass is 9.95. The molecule has 0 saturated carbocycles. The molecule has 1 aromatic rings. The van der Waals surface area contributed by atoms with Gasteiger partial charge in [0.25, 0.3) is 0 Å². The van der Waals surface area contributed by atoms with Crippen LogP contribution in [0, 0.1) is 5.92 Å². The first-order valence-corrected chi connectivity index (χ1v) is 5.59. The molecule has 1 atom stereocenters. The SMILES string of the molecule is CCOc1ccccc1C(=O)C(N)C(C)C. The molecule has 0 fully saturated rings. The highest BCUT2D eigenvalue weighted by molar-refractivity contribution is 6.02. The predicted molar refractivity (Wildman–Crippen MR) is 64.8 cm³/mol. The van der Waals surface area contributed by atoms with Crippen LogP contribution in [0.25, 0.3) is 0 Å². The van der Waals surface area contributed by atoms with Gasteiger partial charge in [-0.15, -0.1) is 0 Å². The monoisotopic (exact) mass is 221 g/mol. The topological polar surface area (TPSA) is 52.3 Å². The number of nitrogens with two attached hydrogens (primary N) is 1. The molecule has 1 aromatic carbocycles. The molecule has 1 unspecified atom stereocenters. The molecule has 2 N–H and O–H groups in total. The third-order valence-corrected chi connectivity index (χ3v) is 2.47. The van der Waals surface area contributed by atoms with E-state index in [1.807, 2.05) is 32.9 Å². The molecule has 0 saturated heterocycles. The molecule has 3 heteroatoms. The highest BCUT2D eigenvalue weighted by atomic mass is 16.5. The van der Waals surface area contributed by atoms with E-state index in [0.29, 0.717) is 17.9 Å². The van der Waals surface area contributed by atoms with Gasteiger partial charge in [-0.1, -0.05) is 26.0 Å². The maximum Gasteiger partial charge on any atom is 0.183 e. The first kappa shape index (κ1) is 12.7. The fourth-order valence-electron chi connectivity index (χ4n) is 1.43. The highest BCUT2D eigenvalue weighted by Crippen LogP contribution is 2.20. The number of carbonyl (C=O) groups is 1. The van der Waals surface area contributed by atoms with Crippen molar-refractivity contribution in [1.82, 2.24) is 0 Å². The second-order valence-corrected chi connectivity index (χ2v) is 4.06. The summed E-state index contributed by atoms with van der Waals surface area (Å²) >= 11 is 0. The molecule has 88 valence electrons. The number of ether oxygens (including phenoxy) is 1. The molecule has 3 nitrogen and oxygen atoms in total. The van der Waals surface area contributed by atoms with Gasteiger partial charge in [0.15, 0.2) is 5.78 Å². The lowest BCUT2D eigenvalue weighted by molar-refractivity contribution is 0.0937. The van der Waals surface area contributed by atoms with Crippen LogP contribution in [-0.2, 0) is 0 Å². The minimum atomic E-state index is -0.471. The minimum Gasteiger partial charge on any atom is -0.493 e. The standard InChI is InChI=1S/C13H19NO2/c1-4-16-11-8-6-5-7-10(11)13(15)12(14)9(2)3/h5-9,12H,4,14H2,1-3H3. The molecule has 0 radical (unpaired) electrons. The number of Topliss-reactive ketones (excluding diaryl/α,β-unsaturated/α-hetero) is 1. The van der Waals surface area contributed by atoms with Crippen LogP contribution < -0.4 is 10.5 Å². The predicted octanol–water partition coefficient (Wildman–Crippen LogP) is 2.25. The highest BCUT2D eigenvalue weighted by Gasteiger charge is 2.21. The quantitative estimate of drug-likeness (QED) is 0.776. The zero-order valence-electron chi connectivity index (χ0n) is 10.1. The Bertz CT molecular complexity index is 361. The van der Waals surface area contributed by atoms with Gasteiger partial charge in [-0.2, -0.15) is 0 Å². The zero-order chi connectivity index (χ0) is 12.1. The van der Waals surface area contributed by atoms with Crippen LogP contribution in [0.1, 0.15) is 31.1 Å². The van der Waals surface area contributed by atoms with E-state index in [9.17, 15) is 4.79 Å². The van der Waals surface area contributed by atoms with E-state index < -0.39 is 6.04 Å². The van der Waals surface area contributed by atoms with Crippen LogP contribution in [-0.4, -0.2) is 18.4 Å². The lowest BCUT2D eigenvalue weighted by Gasteiger charge is -2.16. The number of hydrogen-bond donors (Lipinski definition) is 1. The molecule has 16 heavy (non-hydrogen) atoms. The lowest BCUT2D eigenvalue weighted by Crippen LogP contribution is -2.35. The summed E-state index contributed by atoms with van der Waals surface area (Å²) in [5.41, 5.74) is 6.43. The van der Waals surface area contributed by atoms with E-state index in [2.05, 4.69) is 0 Å². The Morgan fingerprint density at radius 1 is 1.38 bits per heavy atom. The van der Waals surface area contributed by atoms with Gasteiger partial charge in [0, 0.05) is 0 Å². The molecule has 0 aliphatic heterocycles. The molecular formula is C13H19NO2. The third kappa shape index (κ3) is 2.83. The first-order chi connectivity index (χ1) is 7.57. The van der Waals surface area contributed by atoms with Gasteiger partial charge >= 0.3 is 0 Å². The van der Waals surface area contributed by atoms with E-state index >= 15 is 0 Å². The molecule has 0 aliphatic carbocycles. The van der Waals surface area contributed by atoms with Gasteiger partial charge in [-0.3, -0.25) is 4.79 Å². The summed E-state index contributed by atoms with van der Waals surface area (Å²) in [5.74, 6) is 0.687. The normalized spacial score (nSPS) is 12.6. The summed E-state index contributed by atoms with van der Waals surface area (Å²) < 4.78 is 5.41. The molecule has 1 rings (SSSR count). The molecule has 0 aliphatic rings. The maximum atomic E-state index is 12.1. The maximum absolute atomic E-state index is 12.1.